The summed E-state index contributed by atoms with van der Waals surface area (Å²) in [6.07, 6.45) is 16.8. The number of hydrogen-bond donors (Lipinski definition) is 0. The van der Waals surface area contributed by atoms with Crippen molar-refractivity contribution in [2.75, 3.05) is 6.61 Å². The van der Waals surface area contributed by atoms with Crippen LogP contribution in [0.25, 0.3) is 50.3 Å². The Balaban J connectivity index is 0.920. The predicted octanol–water partition coefficient (Wildman–Crippen LogP) is 9.80. The van der Waals surface area contributed by atoms with E-state index in [9.17, 15) is 4.79 Å². The molecule has 0 aliphatic heterocycles. The summed E-state index contributed by atoms with van der Waals surface area (Å²) in [5.74, 6) is 4.55. The summed E-state index contributed by atoms with van der Waals surface area (Å²) in [5.41, 5.74) is 30.8. The molecule has 1 heterocycles. The van der Waals surface area contributed by atoms with E-state index < -0.39 is 0 Å². The van der Waals surface area contributed by atoms with Crippen LogP contribution in [-0.4, -0.2) is 12.6 Å². The Labute approximate surface area is 344 Å². The lowest BCUT2D eigenvalue weighted by atomic mass is 9.59. The lowest BCUT2D eigenvalue weighted by Crippen LogP contribution is -2.34. The molecular weight excluding hydrogens is 737 g/mol. The monoisotopic (exact) mass is 774 g/mol. The number of allylic oxidation sites excluding steroid dienone is 8. The van der Waals surface area contributed by atoms with Crippen LogP contribution in [0, 0.1) is 45.9 Å². The van der Waals surface area contributed by atoms with Crippen molar-refractivity contribution in [3.05, 3.63) is 153 Å². The van der Waals surface area contributed by atoms with Gasteiger partial charge in [-0.15, -0.1) is 0 Å². The second-order valence-corrected chi connectivity index (χ2v) is 22.1. The number of rotatable bonds is 8. The Hall–Kier alpha value is -4.99. The van der Waals surface area contributed by atoms with Gasteiger partial charge in [0.05, 0.1) is 6.61 Å². The summed E-state index contributed by atoms with van der Waals surface area (Å²) in [6, 6.07) is 16.6. The first kappa shape index (κ1) is 29.3. The molecule has 1 aromatic heterocycles. The van der Waals surface area contributed by atoms with Crippen molar-refractivity contribution >= 4 is 56.4 Å². The fourth-order valence-electron chi connectivity index (χ4n) is 18.9. The molecule has 0 saturated heterocycles. The Morgan fingerprint density at radius 3 is 2.69 bits per heavy atom. The second-order valence-electron chi connectivity index (χ2n) is 21.3. The highest BCUT2D eigenvalue weighted by molar-refractivity contribution is 7.07. The van der Waals surface area contributed by atoms with Gasteiger partial charge in [-0.2, -0.15) is 11.3 Å². The van der Waals surface area contributed by atoms with Gasteiger partial charge in [-0.3, -0.25) is 4.79 Å². The topological polar surface area (TPSA) is 26.3 Å². The highest BCUT2D eigenvalue weighted by Crippen LogP contribution is 2.87. The zero-order chi connectivity index (χ0) is 37.3. The molecule has 3 heteroatoms. The van der Waals surface area contributed by atoms with Crippen LogP contribution in [-0.2, 0) is 33.2 Å². The van der Waals surface area contributed by atoms with Gasteiger partial charge in [0.25, 0.3) is 0 Å². The molecular formula is C56H38O2S. The van der Waals surface area contributed by atoms with Crippen LogP contribution in [0.3, 0.4) is 0 Å². The van der Waals surface area contributed by atoms with Gasteiger partial charge < -0.3 is 4.74 Å². The fraction of sp³-hybridized carbons (Fsp3) is 0.339. The molecule has 280 valence electrons. The third kappa shape index (κ3) is 2.58. The molecule has 0 N–H and O–H groups in total. The highest BCUT2D eigenvalue weighted by atomic mass is 32.1. The minimum Gasteiger partial charge on any atom is -0.465 e. The number of thiophene rings is 1. The average Bonchev–Trinajstić information content (AvgIpc) is 4.03. The number of carbonyl (C=O) groups is 1. The number of benzene rings is 4. The van der Waals surface area contributed by atoms with Crippen LogP contribution in [0.1, 0.15) is 100 Å². The SMILES string of the molecule is O=C(CCCC1(c2ccccc2)C2C3=CC4CC5=CC6CC7Cc8cc9c%10c%11c8C7C7=c8c%12c%13c%14c(c%15c(c=%10c%14c8-%11)C(C=9)CC%1521)C3=C%13C4C5=C%12C76)OCCc1ccsc1. The third-order valence-corrected chi connectivity index (χ3v) is 20.6. The van der Waals surface area contributed by atoms with E-state index in [0.717, 1.165) is 25.2 Å². The molecule has 1 spiro atoms. The average molecular weight is 775 g/mol. The van der Waals surface area contributed by atoms with Crippen molar-refractivity contribution in [1.82, 2.24) is 0 Å². The van der Waals surface area contributed by atoms with Gasteiger partial charge in [-0.25, -0.2) is 0 Å². The maximum Gasteiger partial charge on any atom is 0.305 e. The molecule has 59 heavy (non-hydrogen) atoms. The van der Waals surface area contributed by atoms with E-state index >= 15 is 0 Å². The minimum atomic E-state index is -0.0501. The standard InChI is InChI=1S/C56H38O2S/c57-32(58-11-8-22-9-12-59-21-22)7-4-10-55(30-5-2-1-3-6-30)54-31-19-28-17-25-15-26-14-23-13-24-16-27-18-29-20-56(54,55)53-39(29)44-38(27)43-34(24)33(23)41-37(26)42-35(25)36(28)45-40(31)52(53)51-49(44)47(43)46(41)48(42)50(45)51/h1-3,5-6,9,12,15-16,18-19,21,23,26,28-29,33,36-37,54H,4,7-8,10-11,13-14,17,20H2. The van der Waals surface area contributed by atoms with Crippen LogP contribution in [0.2, 0.25) is 0 Å². The van der Waals surface area contributed by atoms with E-state index in [-0.39, 0.29) is 16.8 Å². The zero-order valence-corrected chi connectivity index (χ0v) is 33.5. The molecule has 14 aliphatic carbocycles. The van der Waals surface area contributed by atoms with E-state index in [4.69, 9.17) is 4.74 Å². The predicted molar refractivity (Wildman–Crippen MR) is 231 cm³/mol. The van der Waals surface area contributed by atoms with Crippen molar-refractivity contribution in [3.63, 3.8) is 0 Å². The van der Waals surface area contributed by atoms with Crippen molar-refractivity contribution in [3.8, 4) is 11.1 Å². The summed E-state index contributed by atoms with van der Waals surface area (Å²) in [5, 5.41) is 14.3. The zero-order valence-electron chi connectivity index (χ0n) is 32.6. The Morgan fingerprint density at radius 1 is 0.831 bits per heavy atom. The Morgan fingerprint density at radius 2 is 1.78 bits per heavy atom. The molecule has 19 rings (SSSR count). The van der Waals surface area contributed by atoms with E-state index in [1.807, 2.05) is 11.1 Å². The van der Waals surface area contributed by atoms with Crippen LogP contribution < -0.4 is 10.4 Å². The van der Waals surface area contributed by atoms with E-state index in [0.29, 0.717) is 54.5 Å². The molecule has 3 saturated carbocycles. The quantitative estimate of drug-likeness (QED) is 0.144. The van der Waals surface area contributed by atoms with Crippen LogP contribution in [0.5, 0.6) is 0 Å². The van der Waals surface area contributed by atoms with Gasteiger partial charge >= 0.3 is 5.97 Å². The van der Waals surface area contributed by atoms with Crippen molar-refractivity contribution in [2.24, 2.45) is 35.5 Å². The first-order chi connectivity index (χ1) is 29.2. The van der Waals surface area contributed by atoms with Gasteiger partial charge in [0.15, 0.2) is 0 Å². The normalized spacial score (nSPS) is 35.9. The Kier molecular flexibility index (Phi) is 4.27. The fourth-order valence-corrected chi connectivity index (χ4v) is 19.6. The summed E-state index contributed by atoms with van der Waals surface area (Å²) in [7, 11) is 0. The molecule has 0 amide bonds. The maximum absolute atomic E-state index is 13.5. The smallest absolute Gasteiger partial charge is 0.305 e. The summed E-state index contributed by atoms with van der Waals surface area (Å²) in [4.78, 5) is 13.5. The number of fused-ring (bicyclic) bond motifs is 1. The van der Waals surface area contributed by atoms with Gasteiger partial charge in [0.1, 0.15) is 0 Å². The number of hydrogen-bond acceptors (Lipinski definition) is 3. The summed E-state index contributed by atoms with van der Waals surface area (Å²) < 4.78 is 5.92. The highest BCUT2D eigenvalue weighted by Gasteiger charge is 2.83. The Bertz CT molecular complexity index is 3570. The van der Waals surface area contributed by atoms with Gasteiger partial charge in [0.2, 0.25) is 0 Å². The molecule has 3 fully saturated rings. The molecule has 14 aliphatic rings. The minimum absolute atomic E-state index is 0.0287. The van der Waals surface area contributed by atoms with Crippen molar-refractivity contribution in [2.45, 2.75) is 74.0 Å². The van der Waals surface area contributed by atoms with Gasteiger partial charge in [-0.1, -0.05) is 54.6 Å². The van der Waals surface area contributed by atoms with E-state index in [2.05, 4.69) is 71.5 Å². The molecule has 5 aromatic rings. The van der Waals surface area contributed by atoms with Crippen molar-refractivity contribution < 1.29 is 9.53 Å². The van der Waals surface area contributed by atoms with Crippen molar-refractivity contribution in [1.29, 1.82) is 0 Å². The second kappa shape index (κ2) is 8.62. The maximum atomic E-state index is 13.5. The van der Waals surface area contributed by atoms with Crippen LogP contribution in [0.15, 0.2) is 82.1 Å². The number of carbonyl (C=O) groups excluding carboxylic acids is 1. The van der Waals surface area contributed by atoms with E-state index in [1.165, 1.54) is 36.8 Å². The lowest BCUT2D eigenvalue weighted by Gasteiger charge is -2.44. The first-order valence-electron chi connectivity index (χ1n) is 23.0. The largest absolute Gasteiger partial charge is 0.465 e. The molecule has 10 atom stereocenters. The third-order valence-electron chi connectivity index (χ3n) is 19.8. The number of esters is 1. The molecule has 10 unspecified atom stereocenters. The van der Waals surface area contributed by atoms with E-state index in [1.54, 1.807) is 121 Å². The summed E-state index contributed by atoms with van der Waals surface area (Å²) >= 11 is 1.71. The molecule has 2 nitrogen and oxygen atoms in total. The molecule has 0 bridgehead atoms. The van der Waals surface area contributed by atoms with Gasteiger partial charge in [0, 0.05) is 53.3 Å². The molecule has 4 aromatic carbocycles. The number of ether oxygens (including phenoxy) is 1. The van der Waals surface area contributed by atoms with Gasteiger partial charge in [-0.05, 0) is 205 Å². The lowest BCUT2D eigenvalue weighted by molar-refractivity contribution is -0.143. The summed E-state index contributed by atoms with van der Waals surface area (Å²) in [6.45, 7) is 0.471. The van der Waals surface area contributed by atoms with Crippen LogP contribution in [0.4, 0.5) is 0 Å². The first-order valence-corrected chi connectivity index (χ1v) is 23.9. The van der Waals surface area contributed by atoms with Crippen LogP contribution >= 0.6 is 11.3 Å². The molecule has 0 radical (unpaired) electrons.